The zero-order valence-corrected chi connectivity index (χ0v) is 29.0. The molecule has 5 rings (SSSR count). The molecule has 4 aromatic carbocycles. The topological polar surface area (TPSA) is 12.9 Å². The maximum atomic E-state index is 4.86. The van der Waals surface area contributed by atoms with Gasteiger partial charge >= 0.3 is 269 Å². The Kier molecular flexibility index (Phi) is 8.95. The number of benzene rings is 4. The van der Waals surface area contributed by atoms with Gasteiger partial charge in [0.05, 0.1) is 0 Å². The molecular weight excluding hydrogens is 527 g/mol. The van der Waals surface area contributed by atoms with Crippen molar-refractivity contribution >= 4 is 53.2 Å². The van der Waals surface area contributed by atoms with E-state index in [4.69, 9.17) is 4.89 Å². The van der Waals surface area contributed by atoms with E-state index in [0.717, 1.165) is 0 Å². The molecule has 0 unspecified atom stereocenters. The zero-order chi connectivity index (χ0) is 32.0. The van der Waals surface area contributed by atoms with E-state index in [0.29, 0.717) is 0 Å². The molecule has 0 bridgehead atoms. The molecule has 4 heteroatoms. The Bertz CT molecular complexity index is 1560. The summed E-state index contributed by atoms with van der Waals surface area (Å²) in [6.07, 6.45) is 2.00. The fourth-order valence-electron chi connectivity index (χ4n) is 8.42. The van der Waals surface area contributed by atoms with Crippen LogP contribution in [0.3, 0.4) is 0 Å². The van der Waals surface area contributed by atoms with Crippen molar-refractivity contribution in [1.82, 2.24) is 4.89 Å². The number of aromatic nitrogens is 1. The normalized spacial score (nSPS) is 11.1. The fourth-order valence-corrected chi connectivity index (χ4v) is 8.42. The van der Waals surface area contributed by atoms with Crippen LogP contribution < -0.4 is 32.7 Å². The Balaban J connectivity index is 1.95. The van der Waals surface area contributed by atoms with E-state index in [-0.39, 0.29) is 13.4 Å². The average molecular weight is 573 g/mol. The third kappa shape index (κ3) is 5.89. The van der Waals surface area contributed by atoms with Gasteiger partial charge in [0.15, 0.2) is 0 Å². The van der Waals surface area contributed by atoms with Gasteiger partial charge in [0, 0.05) is 0 Å². The fraction of sp³-hybridized carbons (Fsp3) is 0.300. The van der Waals surface area contributed by atoms with Crippen molar-refractivity contribution in [2.24, 2.45) is 0 Å². The van der Waals surface area contributed by atoms with Crippen LogP contribution in [0.4, 0.5) is 0 Å². The van der Waals surface area contributed by atoms with Gasteiger partial charge in [-0.2, -0.15) is 0 Å². The third-order valence-electron chi connectivity index (χ3n) is 9.62. The second-order valence-electron chi connectivity index (χ2n) is 13.6. The molecule has 220 valence electrons. The van der Waals surface area contributed by atoms with Gasteiger partial charge in [0.2, 0.25) is 0 Å². The molecule has 5 aromatic rings. The zero-order valence-electron chi connectivity index (χ0n) is 29.0. The number of hydrogen-bond donors (Lipinski definition) is 0. The molecule has 0 atom stereocenters. The summed E-state index contributed by atoms with van der Waals surface area (Å²) < 4.78 is 0. The van der Waals surface area contributed by atoms with Gasteiger partial charge in [0.25, 0.3) is 0 Å². The van der Waals surface area contributed by atoms with Gasteiger partial charge in [-0.25, -0.2) is 0 Å². The van der Waals surface area contributed by atoms with Crippen LogP contribution in [0.1, 0.15) is 66.8 Å². The van der Waals surface area contributed by atoms with Crippen LogP contribution in [0.5, 0.6) is 0 Å². The van der Waals surface area contributed by atoms with Crippen molar-refractivity contribution in [2.45, 2.75) is 83.1 Å². The van der Waals surface area contributed by atoms with Gasteiger partial charge in [-0.1, -0.05) is 0 Å². The summed E-state index contributed by atoms with van der Waals surface area (Å²) in [7, 11) is 2.17. The van der Waals surface area contributed by atoms with Crippen molar-refractivity contribution in [3.8, 4) is 0 Å². The Morgan fingerprint density at radius 1 is 0.409 bits per heavy atom. The van der Waals surface area contributed by atoms with Crippen LogP contribution in [0, 0.1) is 83.1 Å². The molecule has 1 heterocycles. The molecule has 0 aliphatic carbocycles. The summed E-state index contributed by atoms with van der Waals surface area (Å²) in [4.78, 5) is 4.86. The molecule has 0 aliphatic rings. The van der Waals surface area contributed by atoms with Crippen molar-refractivity contribution in [3.05, 3.63) is 128 Å². The van der Waals surface area contributed by atoms with E-state index in [1.807, 2.05) is 6.20 Å². The monoisotopic (exact) mass is 573 g/mol. The summed E-state index contributed by atoms with van der Waals surface area (Å²) in [5, 5.41) is 1.29. The first kappa shape index (κ1) is 31.8. The van der Waals surface area contributed by atoms with Crippen LogP contribution in [0.2, 0.25) is 0 Å². The Morgan fingerprint density at radius 3 is 0.977 bits per heavy atom. The average Bonchev–Trinajstić information content (AvgIpc) is 2.89. The van der Waals surface area contributed by atoms with Gasteiger partial charge in [-0.3, -0.25) is 0 Å². The van der Waals surface area contributed by atoms with E-state index in [2.05, 4.69) is 145 Å². The van der Waals surface area contributed by atoms with Crippen LogP contribution in [-0.4, -0.2) is 25.4 Å². The van der Waals surface area contributed by atoms with E-state index >= 15 is 0 Å². The summed E-state index contributed by atoms with van der Waals surface area (Å²) in [6.45, 7) is 27.3. The quantitative estimate of drug-likeness (QED) is 0.256. The van der Waals surface area contributed by atoms with Crippen LogP contribution >= 0.6 is 0 Å². The minimum absolute atomic E-state index is 0.0551. The van der Waals surface area contributed by atoms with Crippen molar-refractivity contribution in [1.29, 1.82) is 0 Å². The van der Waals surface area contributed by atoms with Crippen LogP contribution in [0.15, 0.2) is 60.8 Å². The van der Waals surface area contributed by atoms with Crippen LogP contribution in [-0.2, 0) is 0 Å². The number of nitrogens with zero attached hydrogens (tertiary/aromatic N) is 1. The number of hydrogen-bond acceptors (Lipinski definition) is 1. The molecule has 0 N–H and O–H groups in total. The predicted molar refractivity (Wildman–Crippen MR) is 198 cm³/mol. The predicted octanol–water partition coefficient (Wildman–Crippen LogP) is 5.15. The number of aryl methyl sites for hydroxylation is 12. The SMILES string of the molecule is Cc1cc(C)c(B(c2bnccc2B(c2c(C)cc(C)cc2C)c2c(C)cc(C)cc2C)c2c(C)cc(C)cc2C)c(C)c1. The van der Waals surface area contributed by atoms with E-state index < -0.39 is 0 Å². The molecule has 1 aromatic heterocycles. The Labute approximate surface area is 268 Å². The Hall–Kier alpha value is -3.65. The molecule has 0 radical (unpaired) electrons. The molecule has 0 saturated heterocycles. The molecule has 0 amide bonds. The molecule has 0 saturated carbocycles. The molecule has 0 fully saturated rings. The second-order valence-corrected chi connectivity index (χ2v) is 13.6. The summed E-state index contributed by atoms with van der Waals surface area (Å²) in [6, 6.07) is 21.1. The van der Waals surface area contributed by atoms with E-state index in [1.54, 1.807) is 0 Å². The van der Waals surface area contributed by atoms with Gasteiger partial charge in [0.1, 0.15) is 0 Å². The van der Waals surface area contributed by atoms with Crippen molar-refractivity contribution < 1.29 is 0 Å². The van der Waals surface area contributed by atoms with Crippen molar-refractivity contribution in [2.75, 3.05) is 0 Å². The molecule has 44 heavy (non-hydrogen) atoms. The van der Waals surface area contributed by atoms with Gasteiger partial charge in [-0.15, -0.1) is 0 Å². The summed E-state index contributed by atoms with van der Waals surface area (Å²) in [5.74, 6) is 0. The van der Waals surface area contributed by atoms with Gasteiger partial charge < -0.3 is 0 Å². The first-order valence-corrected chi connectivity index (χ1v) is 16.0. The molecule has 1 nitrogen and oxygen atoms in total. The number of rotatable bonds is 6. The minimum atomic E-state index is 0.0551. The van der Waals surface area contributed by atoms with Crippen LogP contribution in [0.25, 0.3) is 0 Å². The van der Waals surface area contributed by atoms with Crippen molar-refractivity contribution in [3.63, 3.8) is 0 Å². The summed E-state index contributed by atoms with van der Waals surface area (Å²) in [5.41, 5.74) is 22.9. The van der Waals surface area contributed by atoms with E-state index in [9.17, 15) is 0 Å². The Morgan fingerprint density at radius 2 is 0.682 bits per heavy atom. The molecular formula is C40H46B3N. The standard InChI is InChI=1S/C40H46B3N/c1-23-15-27(5)36(28(6)16-23)42(37-29(7)17-24(2)18-30(37)8)35-13-14-44-41-40(35)43(38-31(9)19-25(3)20-32(38)10)39-33(11)21-26(4)22-34(39)12/h13-22H,1-12H3. The molecule has 0 spiro atoms. The maximum absolute atomic E-state index is 4.86. The van der Waals surface area contributed by atoms with E-state index in [1.165, 1.54) is 99.4 Å². The second kappa shape index (κ2) is 12.4. The third-order valence-corrected chi connectivity index (χ3v) is 9.62. The first-order valence-electron chi connectivity index (χ1n) is 16.0. The first-order chi connectivity index (χ1) is 20.8. The molecule has 0 aliphatic heterocycles. The summed E-state index contributed by atoms with van der Waals surface area (Å²) >= 11 is 0. The van der Waals surface area contributed by atoms with Gasteiger partial charge in [-0.05, 0) is 0 Å².